The Hall–Kier alpha value is -2.18. The Morgan fingerprint density at radius 3 is 2.85 bits per heavy atom. The topological polar surface area (TPSA) is 78.0 Å². The molecule has 3 N–H and O–H groups in total. The van der Waals surface area contributed by atoms with Gasteiger partial charge in [0.1, 0.15) is 5.69 Å². The lowest BCUT2D eigenvalue weighted by atomic mass is 10.0. The number of hydrogen-bond acceptors (Lipinski definition) is 5. The molecule has 0 fully saturated rings. The number of rotatable bonds is 4. The van der Waals surface area contributed by atoms with Crippen LogP contribution in [-0.2, 0) is 4.74 Å². The maximum Gasteiger partial charge on any atom is 0.106 e. The van der Waals surface area contributed by atoms with Crippen molar-refractivity contribution in [2.24, 2.45) is 5.84 Å². The van der Waals surface area contributed by atoms with Gasteiger partial charge in [-0.1, -0.05) is 18.2 Å². The Kier molecular flexibility index (Phi) is 3.76. The molecule has 1 aliphatic rings. The van der Waals surface area contributed by atoms with Gasteiger partial charge >= 0.3 is 0 Å². The molecule has 0 saturated carbocycles. The second kappa shape index (κ2) is 5.85. The van der Waals surface area contributed by atoms with E-state index in [4.69, 9.17) is 10.6 Å². The van der Waals surface area contributed by atoms with Gasteiger partial charge in [-0.3, -0.25) is 5.84 Å². The van der Waals surface area contributed by atoms with E-state index in [1.165, 1.54) is 0 Å². The molecule has 0 amide bonds. The van der Waals surface area contributed by atoms with Crippen molar-refractivity contribution in [2.45, 2.75) is 18.9 Å². The molecule has 1 aromatic carbocycles. The highest BCUT2D eigenvalue weighted by atomic mass is 16.5. The Morgan fingerprint density at radius 2 is 2.15 bits per heavy atom. The van der Waals surface area contributed by atoms with Crippen molar-refractivity contribution in [3.63, 3.8) is 0 Å². The summed E-state index contributed by atoms with van der Waals surface area (Å²) < 4.78 is 5.37. The van der Waals surface area contributed by atoms with E-state index < -0.39 is 0 Å². The monoisotopic (exact) mass is 271 g/mol. The number of para-hydroxylation sites is 1. The van der Waals surface area contributed by atoms with Crippen molar-refractivity contribution in [1.82, 2.24) is 20.4 Å². The summed E-state index contributed by atoms with van der Waals surface area (Å²) in [6.45, 7) is 0.761. The molecule has 0 radical (unpaired) electrons. The number of nitrogens with one attached hydrogen (secondary N) is 1. The third-order valence-corrected chi connectivity index (χ3v) is 3.29. The number of nitrogens with zero attached hydrogens (tertiary/aromatic N) is 3. The Morgan fingerprint density at radius 1 is 1.30 bits per heavy atom. The van der Waals surface area contributed by atoms with Crippen molar-refractivity contribution in [3.8, 4) is 5.69 Å². The van der Waals surface area contributed by atoms with Gasteiger partial charge in [-0.15, -0.1) is 0 Å². The molecule has 1 unspecified atom stereocenters. The summed E-state index contributed by atoms with van der Waals surface area (Å²) in [7, 11) is 0. The number of benzene rings is 1. The van der Waals surface area contributed by atoms with Crippen molar-refractivity contribution < 1.29 is 4.74 Å². The average molecular weight is 271 g/mol. The molecule has 2 heterocycles. The van der Waals surface area contributed by atoms with Gasteiger partial charge in [0.2, 0.25) is 0 Å². The normalized spacial score (nSPS) is 16.4. The molecule has 6 nitrogen and oxygen atoms in total. The van der Waals surface area contributed by atoms with Gasteiger partial charge in [-0.05, 0) is 30.5 Å². The molecule has 0 aliphatic carbocycles. The van der Waals surface area contributed by atoms with E-state index in [-0.39, 0.29) is 6.04 Å². The fraction of sp³-hybridized carbons (Fsp3) is 0.286. The van der Waals surface area contributed by atoms with Gasteiger partial charge < -0.3 is 4.74 Å². The molecule has 2 aromatic rings. The van der Waals surface area contributed by atoms with Crippen LogP contribution in [0.3, 0.4) is 0 Å². The van der Waals surface area contributed by atoms with E-state index >= 15 is 0 Å². The van der Waals surface area contributed by atoms with Crippen LogP contribution >= 0.6 is 0 Å². The first-order valence-corrected chi connectivity index (χ1v) is 6.63. The fourth-order valence-electron chi connectivity index (χ4n) is 2.27. The summed E-state index contributed by atoms with van der Waals surface area (Å²) in [6, 6.07) is 9.62. The van der Waals surface area contributed by atoms with Crippen LogP contribution in [0.25, 0.3) is 5.69 Å². The standard InChI is InChI=1S/C14H17N5O/c15-17-14(11-5-4-8-20-10-11)13-9-16-19(18-13)12-6-2-1-3-7-12/h1-3,6-7,9-10,14,17H,4-5,8,15H2. The molecule has 104 valence electrons. The number of aromatic nitrogens is 3. The van der Waals surface area contributed by atoms with E-state index in [0.29, 0.717) is 0 Å². The summed E-state index contributed by atoms with van der Waals surface area (Å²) >= 11 is 0. The van der Waals surface area contributed by atoms with Crippen LogP contribution in [-0.4, -0.2) is 21.6 Å². The Balaban J connectivity index is 1.86. The third kappa shape index (κ3) is 2.56. The Bertz CT molecular complexity index is 593. The lowest BCUT2D eigenvalue weighted by molar-refractivity contribution is 0.219. The van der Waals surface area contributed by atoms with E-state index in [1.807, 2.05) is 30.3 Å². The smallest absolute Gasteiger partial charge is 0.106 e. The van der Waals surface area contributed by atoms with Crippen LogP contribution in [0.15, 0.2) is 48.4 Å². The van der Waals surface area contributed by atoms with Crippen LogP contribution in [0.2, 0.25) is 0 Å². The number of ether oxygens (including phenoxy) is 1. The minimum atomic E-state index is -0.159. The van der Waals surface area contributed by atoms with Gasteiger partial charge in [0.25, 0.3) is 0 Å². The quantitative estimate of drug-likeness (QED) is 0.650. The molecule has 0 saturated heterocycles. The summed E-state index contributed by atoms with van der Waals surface area (Å²) in [4.78, 5) is 1.60. The maximum absolute atomic E-state index is 5.66. The average Bonchev–Trinajstić information content (AvgIpc) is 3.00. The van der Waals surface area contributed by atoms with Gasteiger partial charge in [0, 0.05) is 0 Å². The highest BCUT2D eigenvalue weighted by Crippen LogP contribution is 2.25. The number of hydrazine groups is 1. The molecule has 0 spiro atoms. The first-order chi connectivity index (χ1) is 9.88. The van der Waals surface area contributed by atoms with E-state index in [9.17, 15) is 0 Å². The van der Waals surface area contributed by atoms with Gasteiger partial charge in [-0.25, -0.2) is 5.43 Å². The third-order valence-electron chi connectivity index (χ3n) is 3.29. The van der Waals surface area contributed by atoms with Crippen molar-refractivity contribution in [3.05, 3.63) is 54.1 Å². The molecular weight excluding hydrogens is 254 g/mol. The molecule has 6 heteroatoms. The van der Waals surface area contributed by atoms with Gasteiger partial charge in [0.15, 0.2) is 0 Å². The summed E-state index contributed by atoms with van der Waals surface area (Å²) in [5, 5.41) is 8.79. The molecule has 1 atom stereocenters. The summed E-state index contributed by atoms with van der Waals surface area (Å²) in [5.74, 6) is 5.66. The van der Waals surface area contributed by atoms with Crippen LogP contribution in [0, 0.1) is 0 Å². The largest absolute Gasteiger partial charge is 0.501 e. The molecule has 20 heavy (non-hydrogen) atoms. The lowest BCUT2D eigenvalue weighted by Crippen LogP contribution is -2.30. The van der Waals surface area contributed by atoms with Crippen molar-refractivity contribution in [2.75, 3.05) is 6.61 Å². The number of nitrogens with two attached hydrogens (primary N) is 1. The van der Waals surface area contributed by atoms with Crippen LogP contribution < -0.4 is 11.3 Å². The zero-order chi connectivity index (χ0) is 13.8. The van der Waals surface area contributed by atoms with Gasteiger partial charge in [-0.2, -0.15) is 15.0 Å². The Labute approximate surface area is 117 Å². The predicted octanol–water partition coefficient (Wildman–Crippen LogP) is 1.47. The highest BCUT2D eigenvalue weighted by Gasteiger charge is 2.21. The first-order valence-electron chi connectivity index (χ1n) is 6.63. The molecule has 3 rings (SSSR count). The van der Waals surface area contributed by atoms with E-state index in [0.717, 1.165) is 36.4 Å². The van der Waals surface area contributed by atoms with E-state index in [1.54, 1.807) is 17.3 Å². The zero-order valence-corrected chi connectivity index (χ0v) is 11.1. The maximum atomic E-state index is 5.66. The second-order valence-electron chi connectivity index (χ2n) is 4.66. The van der Waals surface area contributed by atoms with Crippen molar-refractivity contribution >= 4 is 0 Å². The highest BCUT2D eigenvalue weighted by molar-refractivity contribution is 5.29. The molecular formula is C14H17N5O. The zero-order valence-electron chi connectivity index (χ0n) is 11.1. The number of hydrogen-bond donors (Lipinski definition) is 2. The molecule has 0 bridgehead atoms. The first kappa shape index (κ1) is 12.8. The molecule has 1 aliphatic heterocycles. The van der Waals surface area contributed by atoms with Gasteiger partial charge in [0.05, 0.1) is 30.8 Å². The SMILES string of the molecule is NNC(C1=COCCC1)c1cnn(-c2ccccc2)n1. The van der Waals surface area contributed by atoms with Crippen LogP contribution in [0.4, 0.5) is 0 Å². The minimum absolute atomic E-state index is 0.159. The van der Waals surface area contributed by atoms with Crippen LogP contribution in [0.1, 0.15) is 24.6 Å². The second-order valence-corrected chi connectivity index (χ2v) is 4.66. The summed E-state index contributed by atoms with van der Waals surface area (Å²) in [5.41, 5.74) is 5.59. The van der Waals surface area contributed by atoms with Crippen molar-refractivity contribution in [1.29, 1.82) is 0 Å². The lowest BCUT2D eigenvalue weighted by Gasteiger charge is -2.20. The van der Waals surface area contributed by atoms with Crippen LogP contribution in [0.5, 0.6) is 0 Å². The minimum Gasteiger partial charge on any atom is -0.501 e. The molecule has 1 aromatic heterocycles. The predicted molar refractivity (Wildman–Crippen MR) is 74.7 cm³/mol. The van der Waals surface area contributed by atoms with E-state index in [2.05, 4.69) is 15.6 Å². The summed E-state index contributed by atoms with van der Waals surface area (Å²) in [6.07, 6.45) is 5.45. The fourth-order valence-corrected chi connectivity index (χ4v) is 2.27.